The highest BCUT2D eigenvalue weighted by Gasteiger charge is 2.18. The fraction of sp³-hybridized carbons (Fsp3) is 0.308. The van der Waals surface area contributed by atoms with Crippen molar-refractivity contribution in [3.63, 3.8) is 0 Å². The lowest BCUT2D eigenvalue weighted by Crippen LogP contribution is -2.08. The molecular weight excluding hydrogens is 234 g/mol. The molecule has 3 nitrogen and oxygen atoms in total. The van der Waals surface area contributed by atoms with Crippen molar-refractivity contribution < 1.29 is 0 Å². The predicted octanol–water partition coefficient (Wildman–Crippen LogP) is 2.99. The van der Waals surface area contributed by atoms with E-state index in [-0.39, 0.29) is 0 Å². The molecule has 0 radical (unpaired) electrons. The minimum Gasteiger partial charge on any atom is -0.397 e. The smallest absolute Gasteiger partial charge is 0.0998 e. The number of nitrogens with two attached hydrogens (primary N) is 1. The second-order valence-electron chi connectivity index (χ2n) is 4.39. The van der Waals surface area contributed by atoms with E-state index in [4.69, 9.17) is 17.3 Å². The van der Waals surface area contributed by atoms with E-state index in [9.17, 15) is 0 Å². The highest BCUT2D eigenvalue weighted by Crippen LogP contribution is 2.30. The Morgan fingerprint density at radius 3 is 2.88 bits per heavy atom. The molecule has 88 valence electrons. The molecule has 1 aliphatic carbocycles. The van der Waals surface area contributed by atoms with Gasteiger partial charge in [0.1, 0.15) is 0 Å². The number of anilines is 1. The lowest BCUT2D eigenvalue weighted by molar-refractivity contribution is 0.656. The Bertz CT molecular complexity index is 540. The molecule has 1 heterocycles. The molecule has 0 saturated heterocycles. The molecule has 17 heavy (non-hydrogen) atoms. The number of halogens is 1. The van der Waals surface area contributed by atoms with E-state index < -0.39 is 0 Å². The number of imidazole rings is 1. The summed E-state index contributed by atoms with van der Waals surface area (Å²) in [6, 6.07) is 5.60. The SMILES string of the molecule is Nc1cccc(Cl)c1-n1cnc2c1CCCC2. The van der Waals surface area contributed by atoms with E-state index in [0.29, 0.717) is 10.7 Å². The topological polar surface area (TPSA) is 43.8 Å². The fourth-order valence-corrected chi connectivity index (χ4v) is 2.72. The summed E-state index contributed by atoms with van der Waals surface area (Å²) in [6.45, 7) is 0. The van der Waals surface area contributed by atoms with E-state index in [2.05, 4.69) is 4.98 Å². The monoisotopic (exact) mass is 247 g/mol. The number of fused-ring (bicyclic) bond motifs is 1. The van der Waals surface area contributed by atoms with Gasteiger partial charge in [-0.25, -0.2) is 4.98 Å². The molecule has 0 bridgehead atoms. The summed E-state index contributed by atoms with van der Waals surface area (Å²) in [5, 5.41) is 0.677. The maximum absolute atomic E-state index is 6.23. The molecule has 0 atom stereocenters. The average Bonchev–Trinajstić information content (AvgIpc) is 2.73. The first-order valence-electron chi connectivity index (χ1n) is 5.87. The lowest BCUT2D eigenvalue weighted by Gasteiger charge is -2.16. The Hall–Kier alpha value is -1.48. The van der Waals surface area contributed by atoms with Crippen LogP contribution in [0.25, 0.3) is 5.69 Å². The van der Waals surface area contributed by atoms with Gasteiger partial charge in [0.15, 0.2) is 0 Å². The first-order valence-corrected chi connectivity index (χ1v) is 6.24. The van der Waals surface area contributed by atoms with Crippen LogP contribution in [0.2, 0.25) is 5.02 Å². The second kappa shape index (κ2) is 4.08. The summed E-state index contributed by atoms with van der Waals surface area (Å²) in [5.41, 5.74) is 10.0. The molecule has 0 unspecified atom stereocenters. The van der Waals surface area contributed by atoms with Gasteiger partial charge in [-0.1, -0.05) is 17.7 Å². The average molecular weight is 248 g/mol. The Morgan fingerprint density at radius 2 is 2.06 bits per heavy atom. The van der Waals surface area contributed by atoms with E-state index in [0.717, 1.165) is 18.5 Å². The molecule has 0 aliphatic heterocycles. The first-order chi connectivity index (χ1) is 8.27. The number of rotatable bonds is 1. The maximum Gasteiger partial charge on any atom is 0.0998 e. The van der Waals surface area contributed by atoms with Crippen molar-refractivity contribution >= 4 is 17.3 Å². The van der Waals surface area contributed by atoms with Crippen LogP contribution in [0.1, 0.15) is 24.2 Å². The predicted molar refractivity (Wildman–Crippen MR) is 69.6 cm³/mol. The van der Waals surface area contributed by atoms with Gasteiger partial charge in [-0.15, -0.1) is 0 Å². The normalized spacial score (nSPS) is 14.6. The highest BCUT2D eigenvalue weighted by atomic mass is 35.5. The summed E-state index contributed by atoms with van der Waals surface area (Å²) >= 11 is 6.23. The number of hydrogen-bond acceptors (Lipinski definition) is 2. The largest absolute Gasteiger partial charge is 0.397 e. The Labute approximate surface area is 105 Å². The van der Waals surface area contributed by atoms with Crippen LogP contribution in [0.15, 0.2) is 24.5 Å². The summed E-state index contributed by atoms with van der Waals surface area (Å²) in [7, 11) is 0. The molecule has 3 rings (SSSR count). The zero-order chi connectivity index (χ0) is 11.8. The molecule has 0 fully saturated rings. The van der Waals surface area contributed by atoms with Crippen LogP contribution in [0.5, 0.6) is 0 Å². The first kappa shape index (κ1) is 10.7. The molecular formula is C13H14ClN3. The summed E-state index contributed by atoms with van der Waals surface area (Å²) < 4.78 is 2.05. The van der Waals surface area contributed by atoms with Gasteiger partial charge in [0.2, 0.25) is 0 Å². The number of benzene rings is 1. The molecule has 1 aromatic carbocycles. The number of nitrogens with zero attached hydrogens (tertiary/aromatic N) is 2. The molecule has 0 spiro atoms. The number of para-hydroxylation sites is 1. The van der Waals surface area contributed by atoms with Crippen molar-refractivity contribution in [1.29, 1.82) is 0 Å². The minimum atomic E-state index is 0.677. The van der Waals surface area contributed by atoms with Crippen LogP contribution in [0.3, 0.4) is 0 Å². The van der Waals surface area contributed by atoms with Crippen molar-refractivity contribution in [2.45, 2.75) is 25.7 Å². The van der Waals surface area contributed by atoms with E-state index >= 15 is 0 Å². The quantitative estimate of drug-likeness (QED) is 0.788. The molecule has 1 aromatic heterocycles. The van der Waals surface area contributed by atoms with Gasteiger partial charge in [-0.2, -0.15) is 0 Å². The molecule has 2 N–H and O–H groups in total. The molecule has 0 saturated carbocycles. The number of nitrogen functional groups attached to an aromatic ring is 1. The Kier molecular flexibility index (Phi) is 2.56. The van der Waals surface area contributed by atoms with Crippen LogP contribution in [-0.4, -0.2) is 9.55 Å². The minimum absolute atomic E-state index is 0.677. The van der Waals surface area contributed by atoms with Crippen molar-refractivity contribution in [3.05, 3.63) is 40.9 Å². The van der Waals surface area contributed by atoms with E-state index in [1.807, 2.05) is 29.1 Å². The van der Waals surface area contributed by atoms with Crippen molar-refractivity contribution in [2.24, 2.45) is 0 Å². The molecule has 0 amide bonds. The summed E-state index contributed by atoms with van der Waals surface area (Å²) in [4.78, 5) is 4.46. The third kappa shape index (κ3) is 1.71. The number of aromatic nitrogens is 2. The standard InChI is InChI=1S/C13H14ClN3/c14-9-4-3-5-10(15)13(9)17-8-16-11-6-1-2-7-12(11)17/h3-5,8H,1-2,6-7,15H2. The Morgan fingerprint density at radius 1 is 1.24 bits per heavy atom. The van der Waals surface area contributed by atoms with Crippen LogP contribution < -0.4 is 5.73 Å². The van der Waals surface area contributed by atoms with Gasteiger partial charge in [0.05, 0.1) is 28.4 Å². The fourth-order valence-electron chi connectivity index (χ4n) is 2.45. The van der Waals surface area contributed by atoms with Gasteiger partial charge in [-0.3, -0.25) is 4.57 Å². The Balaban J connectivity index is 2.19. The van der Waals surface area contributed by atoms with Crippen molar-refractivity contribution in [1.82, 2.24) is 9.55 Å². The van der Waals surface area contributed by atoms with Gasteiger partial charge < -0.3 is 5.73 Å². The van der Waals surface area contributed by atoms with Gasteiger partial charge in [0, 0.05) is 5.69 Å². The van der Waals surface area contributed by atoms with Gasteiger partial charge in [0.25, 0.3) is 0 Å². The third-order valence-corrected chi connectivity index (χ3v) is 3.59. The zero-order valence-corrected chi connectivity index (χ0v) is 10.2. The lowest BCUT2D eigenvalue weighted by atomic mass is 10.0. The van der Waals surface area contributed by atoms with Gasteiger partial charge >= 0.3 is 0 Å². The van der Waals surface area contributed by atoms with Crippen LogP contribution in [-0.2, 0) is 12.8 Å². The number of hydrogen-bond donors (Lipinski definition) is 1. The zero-order valence-electron chi connectivity index (χ0n) is 9.49. The van der Waals surface area contributed by atoms with Crippen molar-refractivity contribution in [2.75, 3.05) is 5.73 Å². The molecule has 2 aromatic rings. The summed E-state index contributed by atoms with van der Waals surface area (Å²) in [5.74, 6) is 0. The van der Waals surface area contributed by atoms with E-state index in [1.165, 1.54) is 24.2 Å². The maximum atomic E-state index is 6.23. The van der Waals surface area contributed by atoms with Gasteiger partial charge in [-0.05, 0) is 37.8 Å². The van der Waals surface area contributed by atoms with Crippen LogP contribution >= 0.6 is 11.6 Å². The van der Waals surface area contributed by atoms with E-state index in [1.54, 1.807) is 0 Å². The molecule has 4 heteroatoms. The molecule has 1 aliphatic rings. The van der Waals surface area contributed by atoms with Crippen LogP contribution in [0.4, 0.5) is 5.69 Å². The van der Waals surface area contributed by atoms with Crippen molar-refractivity contribution in [3.8, 4) is 5.69 Å². The number of aryl methyl sites for hydroxylation is 1. The summed E-state index contributed by atoms with van der Waals surface area (Å²) in [6.07, 6.45) is 6.39. The third-order valence-electron chi connectivity index (χ3n) is 3.29. The van der Waals surface area contributed by atoms with Crippen LogP contribution in [0, 0.1) is 0 Å². The second-order valence-corrected chi connectivity index (χ2v) is 4.80. The highest BCUT2D eigenvalue weighted by molar-refractivity contribution is 6.33.